The zero-order valence-corrected chi connectivity index (χ0v) is 16.4. The summed E-state index contributed by atoms with van der Waals surface area (Å²) in [6.45, 7) is 16.6. The van der Waals surface area contributed by atoms with Crippen LogP contribution in [0.3, 0.4) is 0 Å². The second-order valence-electron chi connectivity index (χ2n) is 5.72. The first-order chi connectivity index (χ1) is 13.1. The van der Waals surface area contributed by atoms with Gasteiger partial charge in [-0.2, -0.15) is 0 Å². The Bertz CT molecular complexity index is 927. The molecule has 136 valence electrons. The number of nitrogens with zero attached hydrogens (tertiary/aromatic N) is 1. The highest BCUT2D eigenvalue weighted by Gasteiger charge is 2.08. The van der Waals surface area contributed by atoms with Crippen molar-refractivity contribution >= 4 is 34.3 Å². The molecule has 3 heteroatoms. The monoisotopic (exact) mass is 372 g/mol. The largest absolute Gasteiger partial charge is 0.331 e. The molecule has 0 bridgehead atoms. The highest BCUT2D eigenvalue weighted by molar-refractivity contribution is 7.14. The van der Waals surface area contributed by atoms with Gasteiger partial charge >= 0.3 is 0 Å². The van der Waals surface area contributed by atoms with Gasteiger partial charge in [-0.1, -0.05) is 92.6 Å². The van der Waals surface area contributed by atoms with Crippen LogP contribution in [0.1, 0.15) is 16.7 Å². The van der Waals surface area contributed by atoms with Crippen LogP contribution in [0.4, 0.5) is 10.8 Å². The third kappa shape index (κ3) is 5.40. The van der Waals surface area contributed by atoms with Gasteiger partial charge in [-0.05, 0) is 18.6 Å². The topological polar surface area (TPSA) is 24.9 Å². The summed E-state index contributed by atoms with van der Waals surface area (Å²) in [7, 11) is 0. The van der Waals surface area contributed by atoms with E-state index in [2.05, 4.69) is 73.2 Å². The van der Waals surface area contributed by atoms with E-state index in [1.807, 2.05) is 30.4 Å². The zero-order chi connectivity index (χ0) is 19.6. The van der Waals surface area contributed by atoms with Gasteiger partial charge in [-0.15, -0.1) is 11.3 Å². The Labute approximate surface area is 165 Å². The first kappa shape index (κ1) is 20.1. The van der Waals surface area contributed by atoms with E-state index in [-0.39, 0.29) is 0 Å². The summed E-state index contributed by atoms with van der Waals surface area (Å²) in [5, 5.41) is 6.32. The van der Waals surface area contributed by atoms with Crippen LogP contribution in [0.5, 0.6) is 0 Å². The van der Waals surface area contributed by atoms with Crippen LogP contribution in [0, 0.1) is 6.92 Å². The Kier molecular flexibility index (Phi) is 7.53. The summed E-state index contributed by atoms with van der Waals surface area (Å²) in [6.07, 6.45) is 6.95. The van der Waals surface area contributed by atoms with E-state index in [1.165, 1.54) is 5.56 Å². The van der Waals surface area contributed by atoms with E-state index in [0.717, 1.165) is 33.2 Å². The van der Waals surface area contributed by atoms with Gasteiger partial charge in [-0.3, -0.25) is 0 Å². The van der Waals surface area contributed by atoms with Crippen molar-refractivity contribution in [3.63, 3.8) is 0 Å². The highest BCUT2D eigenvalue weighted by atomic mass is 32.1. The van der Waals surface area contributed by atoms with Crippen molar-refractivity contribution < 1.29 is 0 Å². The fourth-order valence-corrected chi connectivity index (χ4v) is 3.13. The van der Waals surface area contributed by atoms with Gasteiger partial charge in [0.05, 0.1) is 5.69 Å². The SMILES string of the molecule is C=CC=C.C=Cc1cccc(Nc2nc(-c3ccc(C)cc3)cs2)c1C=C. The van der Waals surface area contributed by atoms with E-state index in [4.69, 9.17) is 0 Å². The molecule has 3 rings (SSSR count). The lowest BCUT2D eigenvalue weighted by molar-refractivity contribution is 1.37. The minimum atomic E-state index is 0.866. The first-order valence-corrected chi connectivity index (χ1v) is 9.41. The van der Waals surface area contributed by atoms with E-state index < -0.39 is 0 Å². The maximum Gasteiger partial charge on any atom is 0.187 e. The molecule has 2 aromatic carbocycles. The third-order valence-electron chi connectivity index (χ3n) is 3.82. The van der Waals surface area contributed by atoms with Crippen LogP contribution in [0.15, 0.2) is 86.3 Å². The zero-order valence-electron chi connectivity index (χ0n) is 15.6. The fourth-order valence-electron chi connectivity index (χ4n) is 2.40. The van der Waals surface area contributed by atoms with Gasteiger partial charge in [0.15, 0.2) is 5.13 Å². The summed E-state index contributed by atoms with van der Waals surface area (Å²) >= 11 is 1.59. The first-order valence-electron chi connectivity index (χ1n) is 8.53. The Morgan fingerprint density at radius 2 is 1.63 bits per heavy atom. The second kappa shape index (κ2) is 10.1. The number of rotatable bonds is 6. The maximum atomic E-state index is 4.68. The molecular formula is C24H24N2S. The van der Waals surface area contributed by atoms with Crippen LogP contribution >= 0.6 is 11.3 Å². The lowest BCUT2D eigenvalue weighted by atomic mass is 10.1. The van der Waals surface area contributed by atoms with Crippen molar-refractivity contribution in [2.45, 2.75) is 6.92 Å². The number of anilines is 2. The van der Waals surface area contributed by atoms with Crippen LogP contribution in [-0.2, 0) is 0 Å². The van der Waals surface area contributed by atoms with Gasteiger partial charge in [0, 0.05) is 22.2 Å². The van der Waals surface area contributed by atoms with Crippen molar-refractivity contribution in [2.24, 2.45) is 0 Å². The van der Waals surface area contributed by atoms with E-state index in [9.17, 15) is 0 Å². The van der Waals surface area contributed by atoms with Crippen molar-refractivity contribution in [1.29, 1.82) is 0 Å². The van der Waals surface area contributed by atoms with Crippen molar-refractivity contribution in [3.8, 4) is 11.3 Å². The van der Waals surface area contributed by atoms with E-state index >= 15 is 0 Å². The van der Waals surface area contributed by atoms with Crippen LogP contribution in [0.25, 0.3) is 23.4 Å². The van der Waals surface area contributed by atoms with Gasteiger partial charge in [0.1, 0.15) is 0 Å². The predicted octanol–water partition coefficient (Wildman–Crippen LogP) is 7.51. The highest BCUT2D eigenvalue weighted by Crippen LogP contribution is 2.30. The van der Waals surface area contributed by atoms with Gasteiger partial charge in [0.25, 0.3) is 0 Å². The molecule has 0 aliphatic rings. The normalized spacial score (nSPS) is 9.52. The molecule has 0 aliphatic carbocycles. The third-order valence-corrected chi connectivity index (χ3v) is 4.58. The molecule has 1 aromatic heterocycles. The number of hydrogen-bond donors (Lipinski definition) is 1. The molecule has 0 saturated heterocycles. The summed E-state index contributed by atoms with van der Waals surface area (Å²) in [4.78, 5) is 4.68. The van der Waals surface area contributed by atoms with Gasteiger partial charge in [0.2, 0.25) is 0 Å². The summed E-state index contributed by atoms with van der Waals surface area (Å²) in [6, 6.07) is 14.5. The summed E-state index contributed by atoms with van der Waals surface area (Å²) in [5.74, 6) is 0. The van der Waals surface area contributed by atoms with Crippen molar-refractivity contribution in [1.82, 2.24) is 4.98 Å². The maximum absolute atomic E-state index is 4.68. The average Bonchev–Trinajstić information content (AvgIpc) is 3.17. The Balaban J connectivity index is 0.000000596. The summed E-state index contributed by atoms with van der Waals surface area (Å²) < 4.78 is 0. The Morgan fingerprint density at radius 3 is 2.22 bits per heavy atom. The second-order valence-corrected chi connectivity index (χ2v) is 6.58. The molecule has 3 aromatic rings. The molecule has 0 saturated carbocycles. The van der Waals surface area contributed by atoms with Gasteiger partial charge in [-0.25, -0.2) is 4.98 Å². The molecule has 0 amide bonds. The van der Waals surface area contributed by atoms with E-state index in [0.29, 0.717) is 0 Å². The number of nitrogens with one attached hydrogen (secondary N) is 1. The van der Waals surface area contributed by atoms with Crippen LogP contribution in [0.2, 0.25) is 0 Å². The number of thiazole rings is 1. The summed E-state index contributed by atoms with van der Waals surface area (Å²) in [5.41, 5.74) is 6.44. The molecule has 0 spiro atoms. The molecule has 1 N–H and O–H groups in total. The molecule has 0 aliphatic heterocycles. The smallest absolute Gasteiger partial charge is 0.187 e. The molecular weight excluding hydrogens is 348 g/mol. The number of aromatic nitrogens is 1. The molecule has 0 fully saturated rings. The quantitative estimate of drug-likeness (QED) is 0.453. The number of benzene rings is 2. The molecule has 2 nitrogen and oxygen atoms in total. The Hall–Kier alpha value is -3.17. The minimum Gasteiger partial charge on any atom is -0.331 e. The lowest BCUT2D eigenvalue weighted by Gasteiger charge is -2.09. The van der Waals surface area contributed by atoms with Crippen LogP contribution in [-0.4, -0.2) is 4.98 Å². The number of hydrogen-bond acceptors (Lipinski definition) is 3. The molecule has 27 heavy (non-hydrogen) atoms. The van der Waals surface area contributed by atoms with Gasteiger partial charge < -0.3 is 5.32 Å². The number of aryl methyl sites for hydroxylation is 1. The minimum absolute atomic E-state index is 0.866. The lowest BCUT2D eigenvalue weighted by Crippen LogP contribution is -1.94. The number of allylic oxidation sites excluding steroid dienone is 2. The predicted molar refractivity (Wildman–Crippen MR) is 123 cm³/mol. The van der Waals surface area contributed by atoms with Crippen LogP contribution < -0.4 is 5.32 Å². The molecule has 0 unspecified atom stereocenters. The van der Waals surface area contributed by atoms with Crippen molar-refractivity contribution in [3.05, 3.63) is 103 Å². The standard InChI is InChI=1S/C20H18N2S.C4H6/c1-4-15-7-6-8-18(17(15)5-2)21-20-22-19(13-23-20)16-11-9-14(3)10-12-16;1-3-4-2/h4-13H,1-2H2,3H3,(H,21,22);3-4H,1-2H2. The average molecular weight is 373 g/mol. The molecule has 1 heterocycles. The van der Waals surface area contributed by atoms with Crippen molar-refractivity contribution in [2.75, 3.05) is 5.32 Å². The Morgan fingerprint density at radius 1 is 0.926 bits per heavy atom. The molecule has 0 atom stereocenters. The van der Waals surface area contributed by atoms with E-state index in [1.54, 1.807) is 23.5 Å². The molecule has 0 radical (unpaired) electrons. The fraction of sp³-hybridized carbons (Fsp3) is 0.0417.